The van der Waals surface area contributed by atoms with Crippen LogP contribution in [0.2, 0.25) is 0 Å². The molecule has 1 aliphatic carbocycles. The first kappa shape index (κ1) is 13.1. The summed E-state index contributed by atoms with van der Waals surface area (Å²) >= 11 is 11.7. The number of aromatic nitrogens is 1. The van der Waals surface area contributed by atoms with Crippen LogP contribution in [0.3, 0.4) is 0 Å². The zero-order valence-electron chi connectivity index (χ0n) is 9.54. The molecule has 0 aromatic carbocycles. The molecule has 1 aromatic rings. The number of hydrogen-bond acceptors (Lipinski definition) is 3. The summed E-state index contributed by atoms with van der Waals surface area (Å²) in [5.74, 6) is -0.917. The normalized spacial score (nSPS) is 24.2. The molecular formula is C11H11Cl2N3O2. The molecule has 18 heavy (non-hydrogen) atoms. The highest BCUT2D eigenvalue weighted by molar-refractivity contribution is 6.53. The maximum absolute atomic E-state index is 11.8. The minimum Gasteiger partial charge on any atom is -0.273 e. The molecule has 0 spiro atoms. The SMILES string of the molecule is CC1(C(=O)NNC(=O)c2ccccn2)CC1(Cl)Cl. The van der Waals surface area contributed by atoms with Crippen molar-refractivity contribution in [2.24, 2.45) is 5.41 Å². The zero-order chi connectivity index (χ0) is 13.4. The molecule has 0 saturated heterocycles. The van der Waals surface area contributed by atoms with E-state index in [1.807, 2.05) is 0 Å². The third-order valence-electron chi connectivity index (χ3n) is 2.95. The predicted octanol–water partition coefficient (Wildman–Crippen LogP) is 1.43. The van der Waals surface area contributed by atoms with Crippen molar-refractivity contribution in [3.8, 4) is 0 Å². The fourth-order valence-corrected chi connectivity index (χ4v) is 2.16. The van der Waals surface area contributed by atoms with E-state index in [4.69, 9.17) is 23.2 Å². The van der Waals surface area contributed by atoms with E-state index in [1.165, 1.54) is 12.3 Å². The van der Waals surface area contributed by atoms with Gasteiger partial charge in [-0.3, -0.25) is 25.4 Å². The van der Waals surface area contributed by atoms with Gasteiger partial charge < -0.3 is 0 Å². The topological polar surface area (TPSA) is 71.1 Å². The minimum absolute atomic E-state index is 0.210. The van der Waals surface area contributed by atoms with E-state index in [-0.39, 0.29) is 5.69 Å². The highest BCUT2D eigenvalue weighted by Crippen LogP contribution is 2.63. The lowest BCUT2D eigenvalue weighted by molar-refractivity contribution is -0.126. The first-order valence-corrected chi connectivity index (χ1v) is 6.02. The monoisotopic (exact) mass is 287 g/mol. The van der Waals surface area contributed by atoms with Crippen LogP contribution in [-0.2, 0) is 4.79 Å². The molecule has 2 amide bonds. The standard InChI is InChI=1S/C11H11Cl2N3O2/c1-10(6-11(10,12)13)9(18)16-15-8(17)7-4-2-3-5-14-7/h2-5H,6H2,1H3,(H,15,17)(H,16,18). The number of halogens is 2. The fraction of sp³-hybridized carbons (Fsp3) is 0.364. The van der Waals surface area contributed by atoms with Gasteiger partial charge in [0.25, 0.3) is 5.91 Å². The van der Waals surface area contributed by atoms with Crippen molar-refractivity contribution in [1.82, 2.24) is 15.8 Å². The molecular weight excluding hydrogens is 277 g/mol. The molecule has 2 N–H and O–H groups in total. The number of nitrogens with one attached hydrogen (secondary N) is 2. The molecule has 5 nitrogen and oxygen atoms in total. The largest absolute Gasteiger partial charge is 0.288 e. The quantitative estimate of drug-likeness (QED) is 0.638. The van der Waals surface area contributed by atoms with Crippen LogP contribution in [0.4, 0.5) is 0 Å². The van der Waals surface area contributed by atoms with E-state index in [9.17, 15) is 9.59 Å². The van der Waals surface area contributed by atoms with Gasteiger partial charge in [-0.1, -0.05) is 6.07 Å². The number of carbonyl (C=O) groups is 2. The summed E-state index contributed by atoms with van der Waals surface area (Å²) in [5.41, 5.74) is 3.90. The molecule has 0 aliphatic heterocycles. The van der Waals surface area contributed by atoms with E-state index in [0.29, 0.717) is 6.42 Å². The van der Waals surface area contributed by atoms with Gasteiger partial charge in [-0.15, -0.1) is 23.2 Å². The average molecular weight is 288 g/mol. The van der Waals surface area contributed by atoms with Crippen LogP contribution in [0.15, 0.2) is 24.4 Å². The van der Waals surface area contributed by atoms with Crippen LogP contribution < -0.4 is 10.9 Å². The maximum atomic E-state index is 11.8. The van der Waals surface area contributed by atoms with Crippen molar-refractivity contribution < 1.29 is 9.59 Å². The maximum Gasteiger partial charge on any atom is 0.288 e. The van der Waals surface area contributed by atoms with Gasteiger partial charge >= 0.3 is 0 Å². The Kier molecular flexibility index (Phi) is 3.21. The van der Waals surface area contributed by atoms with Gasteiger partial charge in [0.2, 0.25) is 5.91 Å². The molecule has 7 heteroatoms. The number of hydrazine groups is 1. The summed E-state index contributed by atoms with van der Waals surface area (Å²) in [7, 11) is 0. The highest BCUT2D eigenvalue weighted by atomic mass is 35.5. The van der Waals surface area contributed by atoms with Crippen LogP contribution in [0, 0.1) is 5.41 Å². The second-order valence-corrected chi connectivity index (χ2v) is 5.82. The van der Waals surface area contributed by atoms with Crippen LogP contribution in [0.5, 0.6) is 0 Å². The molecule has 2 rings (SSSR count). The predicted molar refractivity (Wildman–Crippen MR) is 67.0 cm³/mol. The summed E-state index contributed by atoms with van der Waals surface area (Å²) < 4.78 is -1.06. The van der Waals surface area contributed by atoms with E-state index in [2.05, 4.69) is 15.8 Å². The zero-order valence-corrected chi connectivity index (χ0v) is 11.0. The first-order valence-electron chi connectivity index (χ1n) is 5.26. The summed E-state index contributed by atoms with van der Waals surface area (Å²) in [6.45, 7) is 1.63. The summed E-state index contributed by atoms with van der Waals surface area (Å²) in [5, 5.41) is 0. The molecule has 0 radical (unpaired) electrons. The Bertz CT molecular complexity index is 492. The smallest absolute Gasteiger partial charge is 0.273 e. The number of rotatable bonds is 2. The lowest BCUT2D eigenvalue weighted by Gasteiger charge is -2.12. The summed E-state index contributed by atoms with van der Waals surface area (Å²) in [6.07, 6.45) is 1.84. The van der Waals surface area contributed by atoms with Gasteiger partial charge in [0, 0.05) is 6.20 Å². The number of hydrogen-bond donors (Lipinski definition) is 2. The van der Waals surface area contributed by atoms with E-state index in [1.54, 1.807) is 19.1 Å². The van der Waals surface area contributed by atoms with E-state index >= 15 is 0 Å². The first-order chi connectivity index (χ1) is 8.37. The van der Waals surface area contributed by atoms with Crippen LogP contribution in [0.25, 0.3) is 0 Å². The fourth-order valence-electron chi connectivity index (χ4n) is 1.46. The molecule has 96 valence electrons. The van der Waals surface area contributed by atoms with Gasteiger partial charge in [-0.05, 0) is 25.5 Å². The number of pyridine rings is 1. The minimum atomic E-state index is -1.06. The Balaban J connectivity index is 1.90. The Labute approximate surface area is 114 Å². The Morgan fingerprint density at radius 1 is 1.33 bits per heavy atom. The van der Waals surface area contributed by atoms with Crippen LogP contribution >= 0.6 is 23.2 Å². The van der Waals surface area contributed by atoms with Gasteiger partial charge in [0.05, 0.1) is 5.41 Å². The van der Waals surface area contributed by atoms with Gasteiger partial charge in [-0.25, -0.2) is 0 Å². The van der Waals surface area contributed by atoms with Gasteiger partial charge in [0.15, 0.2) is 0 Å². The van der Waals surface area contributed by atoms with Crippen molar-refractivity contribution in [2.45, 2.75) is 17.7 Å². The lowest BCUT2D eigenvalue weighted by Crippen LogP contribution is -2.46. The Hall–Kier alpha value is -1.33. The third-order valence-corrected chi connectivity index (χ3v) is 4.05. The molecule has 1 fully saturated rings. The lowest BCUT2D eigenvalue weighted by atomic mass is 10.1. The van der Waals surface area contributed by atoms with Crippen molar-refractivity contribution in [1.29, 1.82) is 0 Å². The van der Waals surface area contributed by atoms with Gasteiger partial charge in [0.1, 0.15) is 10.0 Å². The Morgan fingerprint density at radius 3 is 2.50 bits per heavy atom. The average Bonchev–Trinajstić information content (AvgIpc) is 2.87. The molecule has 1 saturated carbocycles. The number of amides is 2. The van der Waals surface area contributed by atoms with Crippen LogP contribution in [0.1, 0.15) is 23.8 Å². The third kappa shape index (κ3) is 2.28. The van der Waals surface area contributed by atoms with Crippen molar-refractivity contribution in [2.75, 3.05) is 0 Å². The Morgan fingerprint density at radius 2 is 2.00 bits per heavy atom. The number of carbonyl (C=O) groups excluding carboxylic acids is 2. The second-order valence-electron chi connectivity index (χ2n) is 4.34. The molecule has 1 aromatic heterocycles. The van der Waals surface area contributed by atoms with E-state index < -0.39 is 21.6 Å². The molecule has 0 bridgehead atoms. The number of alkyl halides is 2. The second kappa shape index (κ2) is 4.40. The number of nitrogens with zero attached hydrogens (tertiary/aromatic N) is 1. The van der Waals surface area contributed by atoms with Crippen molar-refractivity contribution in [3.05, 3.63) is 30.1 Å². The van der Waals surface area contributed by atoms with E-state index in [0.717, 1.165) is 0 Å². The van der Waals surface area contributed by atoms with Crippen molar-refractivity contribution in [3.63, 3.8) is 0 Å². The van der Waals surface area contributed by atoms with Crippen molar-refractivity contribution >= 4 is 35.0 Å². The van der Waals surface area contributed by atoms with Crippen LogP contribution in [-0.4, -0.2) is 21.1 Å². The molecule has 1 unspecified atom stereocenters. The molecule has 1 heterocycles. The molecule has 1 aliphatic rings. The molecule has 1 atom stereocenters. The summed E-state index contributed by atoms with van der Waals surface area (Å²) in [6, 6.07) is 4.90. The van der Waals surface area contributed by atoms with Gasteiger partial charge in [-0.2, -0.15) is 0 Å². The highest BCUT2D eigenvalue weighted by Gasteiger charge is 2.68. The summed E-state index contributed by atoms with van der Waals surface area (Å²) in [4.78, 5) is 27.2.